The fraction of sp³-hybridized carbons (Fsp3) is 0.0534. The molecule has 0 spiro atoms. The molecule has 22 rings (SSSR count). The van der Waals surface area contributed by atoms with Crippen LogP contribution >= 0.6 is 0 Å². The van der Waals surface area contributed by atoms with E-state index in [1.807, 2.05) is 73.4 Å². The number of ether oxygens (including phenoxy) is 2. The Hall–Kier alpha value is -21.1. The molecule has 8 aromatic heterocycles. The Bertz CT molecular complexity index is 9630. The Morgan fingerprint density at radius 1 is 0.278 bits per heavy atom. The second-order valence-electron chi connectivity index (χ2n) is 33.0. The van der Waals surface area contributed by atoms with Crippen molar-refractivity contribution in [1.29, 1.82) is 0 Å². The summed E-state index contributed by atoms with van der Waals surface area (Å²) in [5, 5.41) is 11.3. The van der Waals surface area contributed by atoms with E-state index >= 15 is 0 Å². The van der Waals surface area contributed by atoms with Gasteiger partial charge in [0.05, 0.1) is 44.6 Å². The number of nitrogens with zero attached hydrogens (tertiary/aromatic N) is 10. The summed E-state index contributed by atoms with van der Waals surface area (Å²) in [4.78, 5) is 23.7. The van der Waals surface area contributed by atoms with Crippen LogP contribution in [-0.2, 0) is 31.9 Å². The number of hydrogen-bond acceptors (Lipinski definition) is 8. The van der Waals surface area contributed by atoms with Crippen LogP contribution in [0.3, 0.4) is 0 Å². The molecule has 144 heavy (non-hydrogen) atoms. The van der Waals surface area contributed by atoms with Crippen LogP contribution in [0.4, 0.5) is 34.4 Å². The zero-order chi connectivity index (χ0) is 97.3. The third kappa shape index (κ3) is 18.7. The molecule has 0 fully saturated rings. The minimum atomic E-state index is -0.243. The number of anilines is 6. The van der Waals surface area contributed by atoms with Gasteiger partial charge in [-0.1, -0.05) is 190 Å². The predicted octanol–water partition coefficient (Wildman–Crippen LogP) is 24.4. The van der Waals surface area contributed by atoms with Gasteiger partial charge in [-0.15, -0.1) is 36.3 Å². The van der Waals surface area contributed by atoms with Crippen molar-refractivity contribution in [2.45, 2.75) is 45.4 Å². The maximum absolute atomic E-state index is 6.72. The maximum atomic E-state index is 6.72. The normalized spacial score (nSPS) is 11.0. The van der Waals surface area contributed by atoms with Crippen molar-refractivity contribution >= 4 is 133 Å². The summed E-state index contributed by atoms with van der Waals surface area (Å²) in [6.45, 7) is 10.8. The van der Waals surface area contributed by atoms with Crippen LogP contribution in [0.15, 0.2) is 316 Å². The number of hydrogen-bond donors (Lipinski definition) is 0. The molecule has 0 bridgehead atoms. The van der Waals surface area contributed by atoms with E-state index in [0.29, 0.717) is 11.5 Å². The first-order valence-corrected chi connectivity index (χ1v) is 45.1. The van der Waals surface area contributed by atoms with Crippen LogP contribution in [0.5, 0.6) is 23.0 Å². The summed E-state index contributed by atoms with van der Waals surface area (Å²) in [6, 6.07) is 105. The van der Waals surface area contributed by atoms with Crippen molar-refractivity contribution in [3.05, 3.63) is 351 Å². The number of pyridine rings is 4. The Kier molecular flexibility index (Phi) is 26.9. The second-order valence-corrected chi connectivity index (χ2v) is 33.0. The molecule has 2 aliphatic heterocycles. The third-order valence-electron chi connectivity index (χ3n) is 24.1. The van der Waals surface area contributed by atoms with E-state index in [9.17, 15) is 0 Å². The summed E-state index contributed by atoms with van der Waals surface area (Å²) in [5.41, 5.74) is 19.5. The van der Waals surface area contributed by atoms with Gasteiger partial charge in [0.1, 0.15) is 28.8 Å². The Morgan fingerprint density at radius 3 is 1.17 bits per heavy atom. The van der Waals surface area contributed by atoms with Crippen molar-refractivity contribution in [1.82, 2.24) is 37.9 Å². The summed E-state index contributed by atoms with van der Waals surface area (Å²) >= 11 is 0. The van der Waals surface area contributed by atoms with Gasteiger partial charge in [-0.05, 0) is 250 Å². The molecule has 12 nitrogen and oxygen atoms in total. The van der Waals surface area contributed by atoms with Gasteiger partial charge in [-0.3, -0.25) is 14.3 Å². The Balaban J connectivity index is 0.000000139. The first-order chi connectivity index (χ1) is 70.5. The fourth-order valence-corrected chi connectivity index (χ4v) is 18.1. The van der Waals surface area contributed by atoms with Crippen LogP contribution in [0.2, 0.25) is 0 Å². The molecule has 20 aromatic rings. The van der Waals surface area contributed by atoms with Crippen molar-refractivity contribution in [2.24, 2.45) is 0 Å². The second kappa shape index (κ2) is 42.0. The first-order valence-electron chi connectivity index (χ1n) is 45.1. The molecule has 0 unspecified atom stereocenters. The van der Waals surface area contributed by atoms with Gasteiger partial charge in [0.15, 0.2) is 0 Å². The van der Waals surface area contributed by atoms with Crippen molar-refractivity contribution in [3.8, 4) is 248 Å². The number of para-hydroxylation sites is 6. The topological polar surface area (TPSA) is 95.2 Å². The SMILES string of the molecule is C#CC#CC#CC#CC#CC#CC#CC#CC#CC#CC#CC#CC#CC#CC#CC#CC#CC#CC.CC1(C)c2ccc(Oc3[c-]c4c(cc3)c3cc5c6ccccc6n(-c6ccccc6)c5cc3n3ccnc43)[c-]c2N(c2ccccn2)c2ccccc21.CC1(C)c2ccccc2N(c2ccccn2)c2cc(Oc3ccc4c5cc6c7ccccc7n(-c7ccccc7)c6cc5n5ccnc5c4c3)ccc21.[Pt+2]. The minimum Gasteiger partial charge on any atom is -0.503 e. The summed E-state index contributed by atoms with van der Waals surface area (Å²) < 4.78 is 22.4. The molecule has 0 saturated heterocycles. The molecule has 10 heterocycles. The Morgan fingerprint density at radius 2 is 0.667 bits per heavy atom. The van der Waals surface area contributed by atoms with Gasteiger partial charge < -0.3 is 27.9 Å². The smallest absolute Gasteiger partial charge is 0.503 e. The third-order valence-corrected chi connectivity index (χ3v) is 24.1. The quantitative estimate of drug-likeness (QED) is 0.0844. The average molecular weight is 2010 g/mol. The molecule has 0 radical (unpaired) electrons. The van der Waals surface area contributed by atoms with Gasteiger partial charge in [-0.2, -0.15) is 6.07 Å². The Labute approximate surface area is 848 Å². The number of aromatic nitrogens is 8. The first kappa shape index (κ1) is 92.0. The van der Waals surface area contributed by atoms with E-state index in [0.717, 1.165) is 123 Å². The maximum Gasteiger partial charge on any atom is 2.00 e. The van der Waals surface area contributed by atoms with Crippen molar-refractivity contribution < 1.29 is 30.5 Å². The van der Waals surface area contributed by atoms with E-state index in [1.165, 1.54) is 54.7 Å². The fourth-order valence-electron chi connectivity index (χ4n) is 18.1. The molecule has 12 aromatic carbocycles. The molecular formula is C131H68N10O2Pt. The van der Waals surface area contributed by atoms with Crippen LogP contribution in [0.1, 0.15) is 56.9 Å². The van der Waals surface area contributed by atoms with Gasteiger partial charge in [0, 0.05) is 222 Å². The van der Waals surface area contributed by atoms with Crippen LogP contribution in [0.25, 0.3) is 110 Å². The number of benzene rings is 12. The van der Waals surface area contributed by atoms with Gasteiger partial charge in [-0.25, -0.2) is 15.0 Å². The minimum absolute atomic E-state index is 0. The van der Waals surface area contributed by atoms with Crippen LogP contribution < -0.4 is 19.3 Å². The molecule has 0 amide bonds. The van der Waals surface area contributed by atoms with E-state index in [1.54, 1.807) is 6.92 Å². The van der Waals surface area contributed by atoms with E-state index in [2.05, 4.69) is 518 Å². The molecule has 0 aliphatic carbocycles. The molecular weight excluding hydrogens is 1940 g/mol. The molecule has 0 N–H and O–H groups in total. The largest absolute Gasteiger partial charge is 2.00 e. The molecule has 13 heteroatoms. The average Bonchev–Trinajstić information content (AvgIpc) is 1.33. The van der Waals surface area contributed by atoms with Crippen LogP contribution in [-0.4, -0.2) is 37.9 Å². The van der Waals surface area contributed by atoms with E-state index in [4.69, 9.17) is 35.8 Å². The zero-order valence-corrected chi connectivity index (χ0v) is 80.0. The van der Waals surface area contributed by atoms with Gasteiger partial charge >= 0.3 is 21.1 Å². The molecule has 664 valence electrons. The summed E-state index contributed by atoms with van der Waals surface area (Å²) in [5.74, 6) is 91.3. The van der Waals surface area contributed by atoms with Crippen molar-refractivity contribution in [2.75, 3.05) is 9.80 Å². The summed E-state index contributed by atoms with van der Waals surface area (Å²) in [7, 11) is 0. The van der Waals surface area contributed by atoms with E-state index < -0.39 is 0 Å². The monoisotopic (exact) mass is 2010 g/mol. The number of fused-ring (bicyclic) bond motifs is 22. The number of rotatable bonds is 8. The molecule has 2 aliphatic rings. The zero-order valence-electron chi connectivity index (χ0n) is 77.7. The van der Waals surface area contributed by atoms with Gasteiger partial charge in [0.2, 0.25) is 0 Å². The molecule has 0 atom stereocenters. The number of imidazole rings is 2. The molecule has 0 saturated carbocycles. The van der Waals surface area contributed by atoms with Crippen LogP contribution in [0, 0.1) is 226 Å². The van der Waals surface area contributed by atoms with E-state index in [-0.39, 0.29) is 31.9 Å². The van der Waals surface area contributed by atoms with Gasteiger partial charge in [0.25, 0.3) is 0 Å². The number of terminal acetylenes is 1. The summed E-state index contributed by atoms with van der Waals surface area (Å²) in [6.07, 6.45) is 16.4. The predicted molar refractivity (Wildman–Crippen MR) is 576 cm³/mol. The van der Waals surface area contributed by atoms with Crippen molar-refractivity contribution in [3.63, 3.8) is 0 Å². The standard InChI is InChI=1S/C47H33N5O.C47H31N5O.C37H4.Pt/c2*1-47(2)38-15-7-9-17-41(38)52(45-18-10-11-23-48-45)44-27-32(20-22-39(44)47)53-31-19-21-33-35-28-36-34-14-6-8-16-40(34)51(30-12-4-3-5-13-30)43(36)29-42(35)50-25-24-49-46(50)37(33)26-31;1-3-5-7-9-11-13-15-17-19-21-23-25-27-29-31-33-35-37-36-34-32-30-28-26-24-22-20-18-16-14-12-10-8-6-4-2;/h3-29H,1-2H3;3-25,28-29H,1-2H3;1H,2H3;/q;-2;;+2.